The number of thiazole rings is 1. The Morgan fingerprint density at radius 3 is 2.81 bits per heavy atom. The van der Waals surface area contributed by atoms with Crippen molar-refractivity contribution in [1.29, 1.82) is 0 Å². The monoisotopic (exact) mass is 322 g/mol. The molecule has 1 aliphatic heterocycles. The summed E-state index contributed by atoms with van der Waals surface area (Å²) in [6.45, 7) is 0.556. The van der Waals surface area contributed by atoms with Gasteiger partial charge in [0.15, 0.2) is 0 Å². The summed E-state index contributed by atoms with van der Waals surface area (Å²) in [5, 5.41) is 1.11. The molecule has 1 fully saturated rings. The summed E-state index contributed by atoms with van der Waals surface area (Å²) >= 11 is 1.13. The molecule has 0 aliphatic carbocycles. The first-order chi connectivity index (χ1) is 9.87. The average molecular weight is 322 g/mol. The van der Waals surface area contributed by atoms with E-state index in [1.807, 2.05) is 0 Å². The second-order valence-electron chi connectivity index (χ2n) is 4.45. The molecule has 0 unspecified atom stereocenters. The third kappa shape index (κ3) is 4.31. The van der Waals surface area contributed by atoms with Crippen molar-refractivity contribution < 1.29 is 22.8 Å². The number of aromatic nitrogens is 1. The fraction of sp³-hybridized carbons (Fsp3) is 0.545. The highest BCUT2D eigenvalue weighted by atomic mass is 32.1. The fourth-order valence-corrected chi connectivity index (χ4v) is 2.38. The van der Waals surface area contributed by atoms with Gasteiger partial charge in [-0.1, -0.05) is 0 Å². The number of alkyl halides is 3. The van der Waals surface area contributed by atoms with E-state index in [0.29, 0.717) is 11.4 Å². The van der Waals surface area contributed by atoms with E-state index in [4.69, 9.17) is 0 Å². The van der Waals surface area contributed by atoms with E-state index < -0.39 is 24.5 Å². The molecule has 1 aliphatic rings. The highest BCUT2D eigenvalue weighted by Gasteiger charge is 2.32. The van der Waals surface area contributed by atoms with E-state index in [1.54, 1.807) is 0 Å². The number of hydrogen-bond donors (Lipinski definition) is 1. The summed E-state index contributed by atoms with van der Waals surface area (Å²) in [4.78, 5) is 29.1. The van der Waals surface area contributed by atoms with E-state index in [9.17, 15) is 22.8 Å². The third-order valence-electron chi connectivity index (χ3n) is 2.88. The van der Waals surface area contributed by atoms with Gasteiger partial charge in [0.05, 0.1) is 18.3 Å². The van der Waals surface area contributed by atoms with Crippen LogP contribution in [-0.4, -0.2) is 52.6 Å². The van der Waals surface area contributed by atoms with Crippen molar-refractivity contribution in [3.8, 4) is 0 Å². The lowest BCUT2D eigenvalue weighted by molar-refractivity contribution is -0.135. The van der Waals surface area contributed by atoms with Crippen molar-refractivity contribution in [3.05, 3.63) is 16.6 Å². The van der Waals surface area contributed by atoms with Gasteiger partial charge in [-0.2, -0.15) is 13.2 Å². The smallest absolute Gasteiger partial charge is 0.321 e. The van der Waals surface area contributed by atoms with Crippen LogP contribution in [0.15, 0.2) is 11.7 Å². The van der Waals surface area contributed by atoms with Crippen LogP contribution < -0.4 is 5.43 Å². The summed E-state index contributed by atoms with van der Waals surface area (Å²) in [6.07, 6.45) is -3.92. The molecule has 1 aromatic heterocycles. The van der Waals surface area contributed by atoms with Crippen molar-refractivity contribution in [1.82, 2.24) is 20.3 Å². The predicted molar refractivity (Wildman–Crippen MR) is 68.5 cm³/mol. The minimum Gasteiger partial charge on any atom is -0.321 e. The number of hydrogen-bond acceptors (Lipinski definition) is 4. The number of carbonyl (C=O) groups is 2. The van der Waals surface area contributed by atoms with Gasteiger partial charge in [-0.3, -0.25) is 15.2 Å². The van der Waals surface area contributed by atoms with Gasteiger partial charge in [-0.05, 0) is 6.42 Å². The molecule has 0 saturated carbocycles. The van der Waals surface area contributed by atoms with E-state index in [2.05, 4.69) is 10.4 Å². The molecule has 0 spiro atoms. The van der Waals surface area contributed by atoms with Gasteiger partial charge in [0, 0.05) is 19.5 Å². The second kappa shape index (κ2) is 6.29. The van der Waals surface area contributed by atoms with E-state index in [-0.39, 0.29) is 19.5 Å². The molecule has 116 valence electrons. The van der Waals surface area contributed by atoms with E-state index >= 15 is 0 Å². The van der Waals surface area contributed by atoms with Gasteiger partial charge < -0.3 is 4.90 Å². The molecule has 6 nitrogen and oxygen atoms in total. The van der Waals surface area contributed by atoms with Crippen molar-refractivity contribution in [2.24, 2.45) is 0 Å². The molecular formula is C11H13F3N4O2S. The number of urea groups is 1. The van der Waals surface area contributed by atoms with E-state index in [0.717, 1.165) is 16.3 Å². The Labute approximate surface area is 122 Å². The summed E-state index contributed by atoms with van der Waals surface area (Å²) in [5.74, 6) is -0.456. The molecule has 10 heteroatoms. The van der Waals surface area contributed by atoms with Crippen molar-refractivity contribution >= 4 is 23.3 Å². The molecule has 1 saturated heterocycles. The Balaban J connectivity index is 1.80. The van der Waals surface area contributed by atoms with Gasteiger partial charge in [0.25, 0.3) is 5.91 Å². The van der Waals surface area contributed by atoms with Gasteiger partial charge in [0.2, 0.25) is 0 Å². The summed E-state index contributed by atoms with van der Waals surface area (Å²) in [7, 11) is 0. The fourth-order valence-electron chi connectivity index (χ4n) is 1.87. The Hall–Kier alpha value is -1.84. The molecule has 3 amide bonds. The van der Waals surface area contributed by atoms with Gasteiger partial charge in [0.1, 0.15) is 4.88 Å². The first-order valence-corrected chi connectivity index (χ1v) is 7.07. The van der Waals surface area contributed by atoms with E-state index in [1.165, 1.54) is 16.6 Å². The van der Waals surface area contributed by atoms with Crippen LogP contribution in [-0.2, 0) is 0 Å². The highest BCUT2D eigenvalue weighted by Crippen LogP contribution is 2.22. The minimum atomic E-state index is -4.22. The number of halogens is 3. The van der Waals surface area contributed by atoms with Crippen LogP contribution in [0.4, 0.5) is 18.0 Å². The van der Waals surface area contributed by atoms with Crippen LogP contribution in [0.3, 0.4) is 0 Å². The van der Waals surface area contributed by atoms with Gasteiger partial charge in [-0.15, -0.1) is 11.3 Å². The molecule has 2 heterocycles. The number of amides is 3. The summed E-state index contributed by atoms with van der Waals surface area (Å²) in [5.41, 5.74) is 3.91. The van der Waals surface area contributed by atoms with Crippen LogP contribution in [0.25, 0.3) is 0 Å². The van der Waals surface area contributed by atoms with Crippen molar-refractivity contribution in [3.63, 3.8) is 0 Å². The molecule has 0 bridgehead atoms. The predicted octanol–water partition coefficient (Wildman–Crippen LogP) is 1.87. The molecule has 0 aromatic carbocycles. The number of nitrogens with zero attached hydrogens (tertiary/aromatic N) is 3. The lowest BCUT2D eigenvalue weighted by Gasteiger charge is -2.19. The molecule has 0 radical (unpaired) electrons. The first kappa shape index (κ1) is 15.5. The van der Waals surface area contributed by atoms with Gasteiger partial charge in [-0.25, -0.2) is 9.80 Å². The van der Waals surface area contributed by atoms with Crippen LogP contribution in [0, 0.1) is 0 Å². The molecule has 1 aromatic rings. The maximum atomic E-state index is 12.1. The average Bonchev–Trinajstić information content (AvgIpc) is 3.01. The Morgan fingerprint density at radius 1 is 1.43 bits per heavy atom. The third-order valence-corrected chi connectivity index (χ3v) is 3.65. The number of hydrazine groups is 1. The van der Waals surface area contributed by atoms with Crippen molar-refractivity contribution in [2.45, 2.75) is 19.0 Å². The summed E-state index contributed by atoms with van der Waals surface area (Å²) in [6, 6.07) is -0.491. The number of rotatable bonds is 5. The highest BCUT2D eigenvalue weighted by molar-refractivity contribution is 7.11. The first-order valence-electron chi connectivity index (χ1n) is 6.19. The zero-order chi connectivity index (χ0) is 15.5. The Kier molecular flexibility index (Phi) is 4.66. The zero-order valence-electron chi connectivity index (χ0n) is 10.9. The minimum absolute atomic E-state index is 0.0191. The zero-order valence-corrected chi connectivity index (χ0v) is 11.7. The van der Waals surface area contributed by atoms with Crippen LogP contribution in [0.1, 0.15) is 22.5 Å². The standard InChI is InChI=1S/C11H13F3N4O2S/c12-11(13,14)2-1-3-17-4-5-18(10(17)20)16-9(19)8-6-15-7-21-8/h6-7H,1-5H2,(H,16,19). The maximum absolute atomic E-state index is 12.1. The van der Waals surface area contributed by atoms with Crippen LogP contribution in [0.5, 0.6) is 0 Å². The van der Waals surface area contributed by atoms with Crippen LogP contribution >= 0.6 is 11.3 Å². The van der Waals surface area contributed by atoms with Crippen LogP contribution in [0.2, 0.25) is 0 Å². The quantitative estimate of drug-likeness (QED) is 0.900. The molecule has 1 N–H and O–H groups in total. The molecule has 0 atom stereocenters. The molecule has 21 heavy (non-hydrogen) atoms. The number of nitrogens with one attached hydrogen (secondary N) is 1. The second-order valence-corrected chi connectivity index (χ2v) is 5.33. The normalized spacial score (nSPS) is 15.7. The summed E-state index contributed by atoms with van der Waals surface area (Å²) < 4.78 is 36.2. The molecule has 2 rings (SSSR count). The Bertz CT molecular complexity index is 506. The topological polar surface area (TPSA) is 65.5 Å². The molecular weight excluding hydrogens is 309 g/mol. The van der Waals surface area contributed by atoms with Gasteiger partial charge >= 0.3 is 12.2 Å². The number of carbonyl (C=O) groups excluding carboxylic acids is 2. The largest absolute Gasteiger partial charge is 0.389 e. The Morgan fingerprint density at radius 2 is 2.19 bits per heavy atom. The maximum Gasteiger partial charge on any atom is 0.389 e. The SMILES string of the molecule is O=C(NN1CCN(CCCC(F)(F)F)C1=O)c1cncs1. The lowest BCUT2D eigenvalue weighted by atomic mass is 10.3. The lowest BCUT2D eigenvalue weighted by Crippen LogP contribution is -2.44. The van der Waals surface area contributed by atoms with Crippen molar-refractivity contribution in [2.75, 3.05) is 19.6 Å².